The molecule has 162 valence electrons. The molecule has 1 atom stereocenters. The monoisotopic (exact) mass is 490 g/mol. The highest BCUT2D eigenvalue weighted by Gasteiger charge is 2.40. The molecule has 1 heterocycles. The summed E-state index contributed by atoms with van der Waals surface area (Å²) in [5.74, 6) is -2.05. The third-order valence-corrected chi connectivity index (χ3v) is 5.99. The van der Waals surface area contributed by atoms with Crippen LogP contribution in [0.5, 0.6) is 0 Å². The zero-order valence-corrected chi connectivity index (χ0v) is 18.9. The maximum Gasteiger partial charge on any atom is 0.326 e. The van der Waals surface area contributed by atoms with Gasteiger partial charge in [-0.1, -0.05) is 36.1 Å². The molecule has 1 aliphatic heterocycles. The maximum absolute atomic E-state index is 12.8. The molecule has 30 heavy (non-hydrogen) atoms. The van der Waals surface area contributed by atoms with Crippen LogP contribution in [0.3, 0.4) is 0 Å². The van der Waals surface area contributed by atoms with Crippen LogP contribution >= 0.6 is 47.2 Å². The Hall–Kier alpha value is -1.81. The molecule has 0 bridgehead atoms. The fraction of sp³-hybridized carbons (Fsp3) is 0.368. The van der Waals surface area contributed by atoms with Gasteiger partial charge >= 0.3 is 11.9 Å². The summed E-state index contributed by atoms with van der Waals surface area (Å²) in [6.07, 6.45) is 1.03. The standard InChI is InChI=1S/C19H20Cl2N2O5S2/c20-7-9-22(10-8-21)13-3-1-12(2-4-13)11-15-17(26)23(19(29)30-15)14(18(27)28)5-6-16(24)25/h1-4,11,14H,5-10H2,(H,24,25)(H,27,28)/b15-11-. The van der Waals surface area contributed by atoms with Gasteiger partial charge in [-0.05, 0) is 30.2 Å². The molecule has 0 aliphatic carbocycles. The first kappa shape index (κ1) is 24.5. The Morgan fingerprint density at radius 2 is 1.77 bits per heavy atom. The molecule has 1 aromatic rings. The van der Waals surface area contributed by atoms with Crippen LogP contribution in [0.2, 0.25) is 0 Å². The molecule has 1 aliphatic rings. The molecule has 0 radical (unpaired) electrons. The van der Waals surface area contributed by atoms with E-state index in [0.29, 0.717) is 24.8 Å². The number of nitrogens with zero attached hydrogens (tertiary/aromatic N) is 2. The molecular weight excluding hydrogens is 471 g/mol. The summed E-state index contributed by atoms with van der Waals surface area (Å²) in [4.78, 5) is 38.4. The lowest BCUT2D eigenvalue weighted by Gasteiger charge is -2.23. The molecule has 0 saturated carbocycles. The molecular formula is C19H20Cl2N2O5S2. The summed E-state index contributed by atoms with van der Waals surface area (Å²) in [6.45, 7) is 1.30. The Kier molecular flexibility index (Phi) is 9.41. The number of aliphatic carboxylic acids is 2. The fourth-order valence-electron chi connectivity index (χ4n) is 2.88. The van der Waals surface area contributed by atoms with Crippen LogP contribution in [-0.2, 0) is 14.4 Å². The highest BCUT2D eigenvalue weighted by atomic mass is 35.5. The second kappa shape index (κ2) is 11.5. The van der Waals surface area contributed by atoms with E-state index in [2.05, 4.69) is 0 Å². The van der Waals surface area contributed by atoms with Gasteiger partial charge in [0.1, 0.15) is 10.4 Å². The van der Waals surface area contributed by atoms with Crippen molar-refractivity contribution in [2.45, 2.75) is 18.9 Å². The molecule has 0 spiro atoms. The van der Waals surface area contributed by atoms with E-state index in [9.17, 15) is 19.5 Å². The molecule has 1 fully saturated rings. The molecule has 1 saturated heterocycles. The third-order valence-electron chi connectivity index (χ3n) is 4.32. The molecule has 1 aromatic carbocycles. The predicted molar refractivity (Wildman–Crippen MR) is 123 cm³/mol. The summed E-state index contributed by atoms with van der Waals surface area (Å²) in [5, 5.41) is 18.3. The minimum absolute atomic E-state index is 0.0936. The summed E-state index contributed by atoms with van der Waals surface area (Å²) < 4.78 is 0.0936. The normalized spacial score (nSPS) is 16.2. The Morgan fingerprint density at radius 3 is 2.27 bits per heavy atom. The minimum atomic E-state index is -1.32. The van der Waals surface area contributed by atoms with Crippen molar-refractivity contribution in [2.75, 3.05) is 29.7 Å². The van der Waals surface area contributed by atoms with Gasteiger partial charge in [-0.2, -0.15) is 0 Å². The van der Waals surface area contributed by atoms with E-state index in [1.165, 1.54) is 0 Å². The number of hydrogen-bond acceptors (Lipinski definition) is 6. The van der Waals surface area contributed by atoms with E-state index < -0.39 is 23.9 Å². The van der Waals surface area contributed by atoms with E-state index in [1.807, 2.05) is 29.2 Å². The van der Waals surface area contributed by atoms with E-state index in [1.54, 1.807) is 6.08 Å². The first-order valence-electron chi connectivity index (χ1n) is 8.97. The minimum Gasteiger partial charge on any atom is -0.481 e. The van der Waals surface area contributed by atoms with Gasteiger partial charge in [-0.3, -0.25) is 14.5 Å². The molecule has 1 amide bonds. The van der Waals surface area contributed by atoms with Crippen molar-refractivity contribution in [2.24, 2.45) is 0 Å². The summed E-state index contributed by atoms with van der Waals surface area (Å²) in [6, 6.07) is 6.12. The number of alkyl halides is 2. The van der Waals surface area contributed by atoms with Crippen LogP contribution in [0, 0.1) is 0 Å². The van der Waals surface area contributed by atoms with Crippen molar-refractivity contribution in [1.82, 2.24) is 4.90 Å². The maximum atomic E-state index is 12.8. The third kappa shape index (κ3) is 6.34. The van der Waals surface area contributed by atoms with Gasteiger partial charge in [0.2, 0.25) is 0 Å². The number of amides is 1. The van der Waals surface area contributed by atoms with Gasteiger partial charge in [0.25, 0.3) is 5.91 Å². The first-order valence-corrected chi connectivity index (χ1v) is 11.3. The number of carbonyl (C=O) groups is 3. The summed E-state index contributed by atoms with van der Waals surface area (Å²) >= 11 is 17.8. The molecule has 2 N–H and O–H groups in total. The van der Waals surface area contributed by atoms with Gasteiger partial charge in [0, 0.05) is 37.0 Å². The molecule has 0 aromatic heterocycles. The fourth-order valence-corrected chi connectivity index (χ4v) is 4.64. The van der Waals surface area contributed by atoms with Crippen molar-refractivity contribution < 1.29 is 24.6 Å². The van der Waals surface area contributed by atoms with Crippen LogP contribution in [0.15, 0.2) is 29.2 Å². The Bertz CT molecular complexity index is 842. The van der Waals surface area contributed by atoms with Crippen LogP contribution < -0.4 is 4.90 Å². The number of carboxylic acid groups (broad SMARTS) is 2. The zero-order chi connectivity index (χ0) is 22.3. The molecule has 7 nitrogen and oxygen atoms in total. The van der Waals surface area contributed by atoms with E-state index in [-0.39, 0.29) is 22.1 Å². The number of halogens is 2. The van der Waals surface area contributed by atoms with E-state index in [4.69, 9.17) is 40.5 Å². The van der Waals surface area contributed by atoms with Gasteiger partial charge in [0.05, 0.1) is 4.91 Å². The topological polar surface area (TPSA) is 98.1 Å². The smallest absolute Gasteiger partial charge is 0.326 e. The highest BCUT2D eigenvalue weighted by molar-refractivity contribution is 8.26. The predicted octanol–water partition coefficient (Wildman–Crippen LogP) is 3.49. The second-order valence-corrected chi connectivity index (χ2v) is 8.73. The van der Waals surface area contributed by atoms with Gasteiger partial charge in [0.15, 0.2) is 0 Å². The molecule has 2 rings (SSSR count). The number of thioether (sulfide) groups is 1. The average Bonchev–Trinajstić information content (AvgIpc) is 2.96. The number of carboxylic acids is 2. The van der Waals surface area contributed by atoms with Crippen molar-refractivity contribution >= 4 is 81.1 Å². The number of carbonyl (C=O) groups excluding carboxylic acids is 1. The van der Waals surface area contributed by atoms with Crippen molar-refractivity contribution in [1.29, 1.82) is 0 Å². The quantitative estimate of drug-likeness (QED) is 0.276. The van der Waals surface area contributed by atoms with Crippen molar-refractivity contribution in [3.63, 3.8) is 0 Å². The van der Waals surface area contributed by atoms with Crippen LogP contribution in [0.1, 0.15) is 18.4 Å². The first-order chi connectivity index (χ1) is 14.3. The van der Waals surface area contributed by atoms with Crippen LogP contribution in [0.4, 0.5) is 5.69 Å². The number of thiocarbonyl (C=S) groups is 1. The summed E-state index contributed by atoms with van der Waals surface area (Å²) in [7, 11) is 0. The van der Waals surface area contributed by atoms with Gasteiger partial charge in [-0.25, -0.2) is 4.79 Å². The van der Waals surface area contributed by atoms with E-state index in [0.717, 1.165) is 27.9 Å². The lowest BCUT2D eigenvalue weighted by molar-refractivity contribution is -0.146. The highest BCUT2D eigenvalue weighted by Crippen LogP contribution is 2.35. The Morgan fingerprint density at radius 1 is 1.17 bits per heavy atom. The van der Waals surface area contributed by atoms with Gasteiger partial charge < -0.3 is 15.1 Å². The Balaban J connectivity index is 2.19. The number of rotatable bonds is 11. The Labute approximate surface area is 193 Å². The van der Waals surface area contributed by atoms with E-state index >= 15 is 0 Å². The largest absolute Gasteiger partial charge is 0.481 e. The molecule has 11 heteroatoms. The summed E-state index contributed by atoms with van der Waals surface area (Å²) in [5.41, 5.74) is 1.69. The number of anilines is 1. The lowest BCUT2D eigenvalue weighted by Crippen LogP contribution is -2.44. The van der Waals surface area contributed by atoms with Crippen molar-refractivity contribution in [3.8, 4) is 0 Å². The lowest BCUT2D eigenvalue weighted by atomic mass is 10.1. The van der Waals surface area contributed by atoms with Gasteiger partial charge in [-0.15, -0.1) is 23.2 Å². The second-order valence-electron chi connectivity index (χ2n) is 6.29. The van der Waals surface area contributed by atoms with Crippen LogP contribution in [-0.4, -0.2) is 68.2 Å². The zero-order valence-electron chi connectivity index (χ0n) is 15.8. The number of benzene rings is 1. The number of hydrogen-bond donors (Lipinski definition) is 2. The SMILES string of the molecule is O=C(O)CCC(C(=O)O)N1C(=O)/C(=C/c2ccc(N(CCCl)CCCl)cc2)SC1=S. The molecule has 1 unspecified atom stereocenters. The average molecular weight is 491 g/mol. The van der Waals surface area contributed by atoms with Crippen LogP contribution in [0.25, 0.3) is 6.08 Å². The van der Waals surface area contributed by atoms with Crippen molar-refractivity contribution in [3.05, 3.63) is 34.7 Å².